The van der Waals surface area contributed by atoms with Crippen molar-refractivity contribution in [2.75, 3.05) is 143 Å². The molecule has 51 heteroatoms. The Morgan fingerprint density at radius 1 is 0.289 bits per heavy atom. The number of aliphatic hydroxyl groups is 7. The molecule has 0 spiro atoms. The first-order valence-electron chi connectivity index (χ1n) is 46.4. The van der Waals surface area contributed by atoms with Crippen molar-refractivity contribution < 1.29 is 142 Å². The number of β-amino-alcohol motifs (C(OH)–C–C–N with tert-alkyl or cyclic N) is 7. The number of hydrogen-bond donors (Lipinski definition) is 17. The lowest BCUT2D eigenvalue weighted by molar-refractivity contribution is -0.148. The minimum absolute atomic E-state index is 0.00556. The predicted octanol–water partition coefficient (Wildman–Crippen LogP) is -13.4. The molecule has 0 aromatic carbocycles. The van der Waals surface area contributed by atoms with Crippen LogP contribution in [0.4, 0.5) is 0 Å². The number of likely N-dealkylation sites (tertiary alicyclic amines) is 12. The van der Waals surface area contributed by atoms with Crippen LogP contribution in [0.3, 0.4) is 0 Å². The maximum absolute atomic E-state index is 14.5. The van der Waals surface area contributed by atoms with E-state index < -0.39 is 291 Å². The molecule has 0 unspecified atom stereocenters. The summed E-state index contributed by atoms with van der Waals surface area (Å²) in [6.45, 7) is -5.87. The monoisotopic (exact) mass is 1920 g/mol. The Labute approximate surface area is 779 Å². The zero-order chi connectivity index (χ0) is 97.2. The van der Waals surface area contributed by atoms with Crippen LogP contribution in [0.5, 0.6) is 0 Å². The smallest absolute Gasteiger partial charge is 0.322 e. The fraction of sp³-hybridized carbons (Fsp3) is 0.750. The Hall–Kier alpha value is -11.1. The van der Waals surface area contributed by atoms with Gasteiger partial charge < -0.3 is 148 Å². The molecule has 744 valence electrons. The Balaban J connectivity index is 0.539. The highest BCUT2D eigenvalue weighted by Gasteiger charge is 2.54. The summed E-state index contributed by atoms with van der Waals surface area (Å²) >= 11 is 1.31. The van der Waals surface area contributed by atoms with E-state index in [9.17, 15) is 136 Å². The molecule has 13 rings (SSSR count). The highest BCUT2D eigenvalue weighted by molar-refractivity contribution is 7.98. The van der Waals surface area contributed by atoms with E-state index >= 15 is 0 Å². The maximum atomic E-state index is 14.5. The molecule has 21 atom stereocenters. The summed E-state index contributed by atoms with van der Waals surface area (Å²) in [5.41, 5.74) is 0. The number of thioether (sulfide) groups is 1. The number of amides is 20. The van der Waals surface area contributed by atoms with Gasteiger partial charge in [-0.1, -0.05) is 0 Å². The van der Waals surface area contributed by atoms with E-state index in [1.165, 1.54) is 41.2 Å². The SMILES string of the molecule is CSCC[C@H](NC(=O)[C@@H]1C[C@@H](O)CN1C(=O)CNC(=O)[C@@H]1CCCN1C(=O)[C@@H]1C[C@@H](O)CN1C(=O)CNC(=O)[C@@H]1CCCN1C(=O)[C@@H]1C[C@@H](O)CN1)C(=O)NCC(=O)N1C[C@H](O)C[C@H]1C(=O)N1CCC[C@H]1C(=O)NCC(=O)N1C[C@H](O)C[C@H]1C(=O)N1CCC[C@H]1C(=O)NCC(=O)N1C[C@H](O)C[C@H]1C(=O)N1CCC[C@H]1C(=O)NCC(=O)N1C[C@H](O)C[C@H]1C(=O)N1CCC[C@H]1C(=O)NCC(=O)O. The van der Waals surface area contributed by atoms with Crippen LogP contribution in [-0.2, 0) is 101 Å². The van der Waals surface area contributed by atoms with Crippen molar-refractivity contribution in [1.82, 2.24) is 107 Å². The molecule has 0 radical (unpaired) electrons. The molecule has 13 saturated heterocycles. The number of aliphatic carboxylic acids is 1. The number of nitrogens with one attached hydrogen (secondary N) is 9. The third-order valence-electron chi connectivity index (χ3n) is 27.9. The van der Waals surface area contributed by atoms with E-state index in [4.69, 9.17) is 5.11 Å². The number of aliphatic hydroxyl groups excluding tert-OH is 7. The van der Waals surface area contributed by atoms with Crippen LogP contribution >= 0.6 is 11.8 Å². The lowest BCUT2D eigenvalue weighted by atomic mass is 10.1. The summed E-state index contributed by atoms with van der Waals surface area (Å²) in [4.78, 5) is 303. The Morgan fingerprint density at radius 2 is 0.526 bits per heavy atom. The highest BCUT2D eigenvalue weighted by atomic mass is 32.2. The minimum Gasteiger partial charge on any atom is -0.480 e. The molecule has 13 aliphatic rings. The van der Waals surface area contributed by atoms with Gasteiger partial charge in [0, 0.05) is 124 Å². The zero-order valence-corrected chi connectivity index (χ0v) is 75.9. The van der Waals surface area contributed by atoms with E-state index in [-0.39, 0.29) is 168 Å². The van der Waals surface area contributed by atoms with Crippen LogP contribution in [0, 0.1) is 0 Å². The quantitative estimate of drug-likeness (QED) is 0.0297. The van der Waals surface area contributed by atoms with Gasteiger partial charge in [-0.15, -0.1) is 0 Å². The molecular weight excluding hydrogens is 1800 g/mol. The predicted molar refractivity (Wildman–Crippen MR) is 461 cm³/mol. The van der Waals surface area contributed by atoms with Gasteiger partial charge in [-0.3, -0.25) is 101 Å². The number of carboxylic acid groups (broad SMARTS) is 1. The average Bonchev–Trinajstić information content (AvgIpc) is 1.66. The second kappa shape index (κ2) is 44.8. The summed E-state index contributed by atoms with van der Waals surface area (Å²) in [6, 6.07) is -16.3. The molecule has 13 aliphatic heterocycles. The van der Waals surface area contributed by atoms with Crippen molar-refractivity contribution in [3.63, 3.8) is 0 Å². The third kappa shape index (κ3) is 23.4. The van der Waals surface area contributed by atoms with Gasteiger partial charge in [0.25, 0.3) is 0 Å². The second-order valence-corrected chi connectivity index (χ2v) is 37.9. The van der Waals surface area contributed by atoms with Crippen molar-refractivity contribution in [1.29, 1.82) is 0 Å². The zero-order valence-electron chi connectivity index (χ0n) is 75.0. The number of carboxylic acids is 1. The lowest BCUT2D eigenvalue weighted by Crippen LogP contribution is -2.57. The van der Waals surface area contributed by atoms with Crippen molar-refractivity contribution in [3.05, 3.63) is 0 Å². The first kappa shape index (κ1) is 101. The number of hydrogen-bond acceptors (Lipinski definition) is 30. The van der Waals surface area contributed by atoms with Crippen molar-refractivity contribution in [2.24, 2.45) is 0 Å². The summed E-state index contributed by atoms with van der Waals surface area (Å²) in [5.74, 6) is -15.6. The van der Waals surface area contributed by atoms with Gasteiger partial charge in [-0.2, -0.15) is 11.8 Å². The second-order valence-electron chi connectivity index (χ2n) is 37.0. The first-order valence-corrected chi connectivity index (χ1v) is 47.8. The summed E-state index contributed by atoms with van der Waals surface area (Å²) in [7, 11) is 0. The van der Waals surface area contributed by atoms with E-state index in [1.807, 2.05) is 0 Å². The fourth-order valence-corrected chi connectivity index (χ4v) is 21.7. The van der Waals surface area contributed by atoms with E-state index in [0.29, 0.717) is 57.2 Å². The Bertz CT molecular complexity index is 4580. The molecule has 0 aromatic heterocycles. The van der Waals surface area contributed by atoms with E-state index in [2.05, 4.69) is 47.9 Å². The molecule has 0 aliphatic carbocycles. The van der Waals surface area contributed by atoms with Crippen LogP contribution in [0.2, 0.25) is 0 Å². The summed E-state index contributed by atoms with van der Waals surface area (Å²) in [6.07, 6.45) is -4.00. The van der Waals surface area contributed by atoms with E-state index in [0.717, 1.165) is 29.4 Å². The molecule has 17 N–H and O–H groups in total. The van der Waals surface area contributed by atoms with Gasteiger partial charge in [-0.05, 0) is 102 Å². The molecule has 0 aromatic rings. The fourth-order valence-electron chi connectivity index (χ4n) is 21.2. The summed E-state index contributed by atoms with van der Waals surface area (Å²) < 4.78 is 0. The third-order valence-corrected chi connectivity index (χ3v) is 28.5. The van der Waals surface area contributed by atoms with Crippen LogP contribution in [0.25, 0.3) is 0 Å². The average molecular weight is 1920 g/mol. The molecule has 20 amide bonds. The van der Waals surface area contributed by atoms with Crippen LogP contribution < -0.4 is 47.9 Å². The molecule has 0 bridgehead atoms. The number of carbonyl (C=O) groups is 21. The van der Waals surface area contributed by atoms with Gasteiger partial charge in [0.2, 0.25) is 118 Å². The van der Waals surface area contributed by atoms with Gasteiger partial charge in [0.05, 0.1) is 88.0 Å². The van der Waals surface area contributed by atoms with Gasteiger partial charge >= 0.3 is 5.97 Å². The van der Waals surface area contributed by atoms with Gasteiger partial charge in [0.15, 0.2) is 0 Å². The van der Waals surface area contributed by atoms with Gasteiger partial charge in [-0.25, -0.2) is 0 Å². The van der Waals surface area contributed by atoms with E-state index in [1.54, 1.807) is 6.26 Å². The van der Waals surface area contributed by atoms with Crippen LogP contribution in [0.1, 0.15) is 128 Å². The van der Waals surface area contributed by atoms with Crippen molar-refractivity contribution in [2.45, 2.75) is 256 Å². The van der Waals surface area contributed by atoms with Crippen LogP contribution in [0.15, 0.2) is 0 Å². The number of nitrogens with zero attached hydrogens (tertiary/aromatic N) is 12. The van der Waals surface area contributed by atoms with Gasteiger partial charge in [0.1, 0.15) is 85.1 Å². The lowest BCUT2D eigenvalue weighted by Gasteiger charge is -2.32. The Morgan fingerprint density at radius 3 is 0.770 bits per heavy atom. The molecule has 135 heavy (non-hydrogen) atoms. The molecule has 50 nitrogen and oxygen atoms in total. The molecular formula is C84H123N21O29S. The summed E-state index contributed by atoms with van der Waals surface area (Å²) in [5, 5.41) is 107. The first-order chi connectivity index (χ1) is 64.4. The topological polar surface area (TPSA) is 667 Å². The largest absolute Gasteiger partial charge is 0.480 e. The number of rotatable bonds is 32. The van der Waals surface area contributed by atoms with Crippen molar-refractivity contribution >= 4 is 136 Å². The van der Waals surface area contributed by atoms with Crippen molar-refractivity contribution in [3.8, 4) is 0 Å². The van der Waals surface area contributed by atoms with Crippen LogP contribution in [-0.4, -0.2) is 494 Å². The highest BCUT2D eigenvalue weighted by Crippen LogP contribution is 2.34. The molecule has 13 fully saturated rings. The minimum atomic E-state index is -1.37. The Kier molecular flexibility index (Phi) is 33.6. The maximum Gasteiger partial charge on any atom is 0.322 e. The molecule has 13 heterocycles. The standard InChI is InChI=1S/C84H123N21O29S/c1-135-21-14-50(93-78(128)58-23-44(107)37-100(58)64(113)31-87-73(123)53-9-3-16-95(53)81(131)60-25-46(109)39-102(60)66(115)32-88-72(122)52-8-2-15-94(52)79(129)51-22-43(106)29-85-51)71(121)86-30-65(114)101-38-45(108)24-59(101)80(130)96-17-4-10-54(96)74(124)89-33-67(116)103-40-47(110)26-61(103)82(132)97-18-5-11-55(97)75(125)90-34-68(117)104-41-48(111)27-62(104)83(133)98-19-6-12-56(98)76(126)91-35-69(118)105-42-49(112)28-63(105)84(134)99-20-7-13-57(99)77(127)92-36-70(119)120/h43-63,85,106-112H,2-42H2,1H3,(H,86,121)(H,87,123)(H,88,122)(H,89,124)(H,90,125)(H,91,126)(H,92,127)(H,93,128)(H,119,120)/t43-,44-,45-,46-,47-,48-,49-,50+,51+,52+,53+,54+,55+,56+,57+,58+,59+,60+,61+,62+,63+/m1/s1. The number of carbonyl (C=O) groups excluding carboxylic acids is 20. The molecule has 0 saturated carbocycles. The normalized spacial score (nSPS) is 30.1.